The Hall–Kier alpha value is -2.95. The Kier molecular flexibility index (Phi) is 3.61. The van der Waals surface area contributed by atoms with Gasteiger partial charge >= 0.3 is 0 Å². The molecule has 0 amide bonds. The van der Waals surface area contributed by atoms with Crippen molar-refractivity contribution in [1.82, 2.24) is 14.7 Å². The number of aromatic nitrogens is 2. The van der Waals surface area contributed by atoms with E-state index in [0.717, 1.165) is 17.8 Å². The zero-order valence-electron chi connectivity index (χ0n) is 13.8. The van der Waals surface area contributed by atoms with Crippen LogP contribution in [-0.2, 0) is 0 Å². The van der Waals surface area contributed by atoms with Crippen molar-refractivity contribution in [2.45, 2.75) is 26.4 Å². The first-order chi connectivity index (χ1) is 11.7. The zero-order valence-corrected chi connectivity index (χ0v) is 13.8. The second kappa shape index (κ2) is 5.92. The summed E-state index contributed by atoms with van der Waals surface area (Å²) in [4.78, 5) is 6.73. The molecule has 4 rings (SSSR count). The van der Waals surface area contributed by atoms with Crippen LogP contribution >= 0.6 is 0 Å². The summed E-state index contributed by atoms with van der Waals surface area (Å²) in [5.74, 6) is 1.39. The number of rotatable bonds is 4. The third-order valence-corrected chi connectivity index (χ3v) is 4.26. The van der Waals surface area contributed by atoms with Gasteiger partial charge in [-0.1, -0.05) is 13.0 Å². The van der Waals surface area contributed by atoms with Crippen molar-refractivity contribution in [3.05, 3.63) is 66.8 Å². The molecule has 1 aliphatic rings. The predicted molar refractivity (Wildman–Crippen MR) is 95.3 cm³/mol. The van der Waals surface area contributed by atoms with E-state index in [1.165, 1.54) is 11.3 Å². The third-order valence-electron chi connectivity index (χ3n) is 4.26. The lowest BCUT2D eigenvalue weighted by atomic mass is 10.1. The maximum atomic E-state index is 5.93. The molecule has 0 radical (unpaired) electrons. The number of imidazole rings is 1. The predicted octanol–water partition coefficient (Wildman–Crippen LogP) is 4.05. The standard InChI is InChI=1S/C19H20N4O/c1-3-17-20-9-11-23(17)16-8-7-15(12-14(16)2)24-19-13-22-10-5-4-6-18(22)21-19/h4-13,17,20H,3H2,1-2H3. The highest BCUT2D eigenvalue weighted by Crippen LogP contribution is 2.30. The van der Waals surface area contributed by atoms with Crippen LogP contribution in [-0.4, -0.2) is 15.6 Å². The number of hydrogen-bond acceptors (Lipinski definition) is 4. The fourth-order valence-electron chi connectivity index (χ4n) is 3.04. The topological polar surface area (TPSA) is 41.8 Å². The zero-order chi connectivity index (χ0) is 16.5. The van der Waals surface area contributed by atoms with Gasteiger partial charge in [-0.3, -0.25) is 0 Å². The second-order valence-electron chi connectivity index (χ2n) is 5.91. The number of ether oxygens (including phenoxy) is 1. The number of aryl methyl sites for hydroxylation is 1. The van der Waals surface area contributed by atoms with Crippen molar-refractivity contribution >= 4 is 11.3 Å². The average molecular weight is 320 g/mol. The first-order valence-corrected chi connectivity index (χ1v) is 8.18. The van der Waals surface area contributed by atoms with E-state index in [2.05, 4.69) is 47.4 Å². The normalized spacial score (nSPS) is 16.6. The van der Waals surface area contributed by atoms with Crippen LogP contribution in [0, 0.1) is 6.92 Å². The van der Waals surface area contributed by atoms with Crippen LogP contribution in [0.15, 0.2) is 61.2 Å². The number of pyridine rings is 1. The highest BCUT2D eigenvalue weighted by molar-refractivity contribution is 5.59. The largest absolute Gasteiger partial charge is 0.437 e. The van der Waals surface area contributed by atoms with Gasteiger partial charge in [-0.05, 0) is 49.2 Å². The minimum Gasteiger partial charge on any atom is -0.437 e. The number of anilines is 1. The van der Waals surface area contributed by atoms with Crippen LogP contribution in [0.4, 0.5) is 5.69 Å². The first kappa shape index (κ1) is 14.6. The summed E-state index contributed by atoms with van der Waals surface area (Å²) in [6.45, 7) is 4.28. The Balaban J connectivity index is 1.58. The monoisotopic (exact) mass is 320 g/mol. The summed E-state index contributed by atoms with van der Waals surface area (Å²) in [7, 11) is 0. The number of hydrogen-bond donors (Lipinski definition) is 1. The van der Waals surface area contributed by atoms with Gasteiger partial charge in [0.2, 0.25) is 5.88 Å². The molecule has 1 aromatic carbocycles. The molecule has 1 aliphatic heterocycles. The molecular weight excluding hydrogens is 300 g/mol. The molecule has 5 heteroatoms. The number of benzene rings is 1. The summed E-state index contributed by atoms with van der Waals surface area (Å²) in [5.41, 5.74) is 3.23. The van der Waals surface area contributed by atoms with Gasteiger partial charge in [-0.15, -0.1) is 0 Å². The summed E-state index contributed by atoms with van der Waals surface area (Å²) in [6.07, 6.45) is 9.27. The lowest BCUT2D eigenvalue weighted by Gasteiger charge is -2.26. The maximum Gasteiger partial charge on any atom is 0.238 e. The second-order valence-corrected chi connectivity index (χ2v) is 5.91. The van der Waals surface area contributed by atoms with E-state index in [9.17, 15) is 0 Å². The van der Waals surface area contributed by atoms with E-state index in [1.807, 2.05) is 47.3 Å². The van der Waals surface area contributed by atoms with Gasteiger partial charge in [-0.2, -0.15) is 4.98 Å². The van der Waals surface area contributed by atoms with Gasteiger partial charge in [0.05, 0.1) is 6.20 Å². The molecule has 24 heavy (non-hydrogen) atoms. The SMILES string of the molecule is CCC1NC=CN1c1ccc(Oc2cn3ccccc3n2)cc1C. The molecule has 122 valence electrons. The summed E-state index contributed by atoms with van der Waals surface area (Å²) >= 11 is 0. The third kappa shape index (κ3) is 2.58. The molecule has 1 atom stereocenters. The number of nitrogens with one attached hydrogen (secondary N) is 1. The van der Waals surface area contributed by atoms with Crippen molar-refractivity contribution in [1.29, 1.82) is 0 Å². The van der Waals surface area contributed by atoms with Gasteiger partial charge in [0.1, 0.15) is 17.6 Å². The molecule has 0 aliphatic carbocycles. The van der Waals surface area contributed by atoms with Crippen molar-refractivity contribution in [2.75, 3.05) is 4.90 Å². The summed E-state index contributed by atoms with van der Waals surface area (Å²) in [6, 6.07) is 12.0. The molecule has 0 fully saturated rings. The molecule has 0 saturated carbocycles. The van der Waals surface area contributed by atoms with Crippen LogP contribution in [0.5, 0.6) is 11.6 Å². The van der Waals surface area contributed by atoms with E-state index < -0.39 is 0 Å². The fourth-order valence-corrected chi connectivity index (χ4v) is 3.04. The lowest BCUT2D eigenvalue weighted by Crippen LogP contribution is -2.34. The minimum atomic E-state index is 0.314. The summed E-state index contributed by atoms with van der Waals surface area (Å²) < 4.78 is 7.88. The first-order valence-electron chi connectivity index (χ1n) is 8.18. The van der Waals surface area contributed by atoms with Crippen molar-refractivity contribution in [3.8, 4) is 11.6 Å². The molecule has 2 aromatic heterocycles. The highest BCUT2D eigenvalue weighted by atomic mass is 16.5. The Morgan fingerprint density at radius 1 is 1.25 bits per heavy atom. The Morgan fingerprint density at radius 2 is 2.17 bits per heavy atom. The molecule has 0 spiro atoms. The smallest absolute Gasteiger partial charge is 0.238 e. The molecule has 3 heterocycles. The van der Waals surface area contributed by atoms with E-state index in [1.54, 1.807) is 0 Å². The average Bonchev–Trinajstić information content (AvgIpc) is 3.20. The maximum absolute atomic E-state index is 5.93. The molecule has 0 bridgehead atoms. The molecule has 1 unspecified atom stereocenters. The van der Waals surface area contributed by atoms with Gasteiger partial charge in [0, 0.05) is 24.3 Å². The van der Waals surface area contributed by atoms with Crippen LogP contribution in [0.25, 0.3) is 5.65 Å². The lowest BCUT2D eigenvalue weighted by molar-refractivity contribution is 0.466. The Morgan fingerprint density at radius 3 is 2.96 bits per heavy atom. The van der Waals surface area contributed by atoms with E-state index in [-0.39, 0.29) is 0 Å². The number of fused-ring (bicyclic) bond motifs is 1. The van der Waals surface area contributed by atoms with Crippen molar-refractivity contribution in [3.63, 3.8) is 0 Å². The van der Waals surface area contributed by atoms with Crippen LogP contribution < -0.4 is 15.0 Å². The summed E-state index contributed by atoms with van der Waals surface area (Å²) in [5, 5.41) is 3.35. The fraction of sp³-hybridized carbons (Fsp3) is 0.211. The minimum absolute atomic E-state index is 0.314. The van der Waals surface area contributed by atoms with Gasteiger partial charge < -0.3 is 19.4 Å². The molecule has 5 nitrogen and oxygen atoms in total. The van der Waals surface area contributed by atoms with E-state index >= 15 is 0 Å². The van der Waals surface area contributed by atoms with E-state index in [4.69, 9.17) is 4.74 Å². The van der Waals surface area contributed by atoms with Crippen LogP contribution in [0.2, 0.25) is 0 Å². The Labute approximate surface area is 141 Å². The Bertz CT molecular complexity index is 866. The number of nitrogens with zero attached hydrogens (tertiary/aromatic N) is 3. The van der Waals surface area contributed by atoms with Crippen molar-refractivity contribution < 1.29 is 4.74 Å². The molecule has 1 N–H and O–H groups in total. The molecular formula is C19H20N4O. The highest BCUT2D eigenvalue weighted by Gasteiger charge is 2.19. The van der Waals surface area contributed by atoms with Gasteiger partial charge in [0.25, 0.3) is 0 Å². The molecule has 3 aromatic rings. The molecule has 0 saturated heterocycles. The van der Waals surface area contributed by atoms with Crippen molar-refractivity contribution in [2.24, 2.45) is 0 Å². The van der Waals surface area contributed by atoms with Crippen LogP contribution in [0.3, 0.4) is 0 Å². The van der Waals surface area contributed by atoms with Crippen LogP contribution in [0.1, 0.15) is 18.9 Å². The quantitative estimate of drug-likeness (QED) is 0.787. The van der Waals surface area contributed by atoms with E-state index in [0.29, 0.717) is 12.0 Å². The van der Waals surface area contributed by atoms with Gasteiger partial charge in [0.15, 0.2) is 0 Å². The van der Waals surface area contributed by atoms with Gasteiger partial charge in [-0.25, -0.2) is 0 Å².